The van der Waals surface area contributed by atoms with Crippen LogP contribution in [-0.4, -0.2) is 23.9 Å². The molecule has 0 unspecified atom stereocenters. The van der Waals surface area contributed by atoms with E-state index in [4.69, 9.17) is 11.6 Å². The molecule has 2 rings (SSSR count). The highest BCUT2D eigenvalue weighted by Gasteiger charge is 2.23. The van der Waals surface area contributed by atoms with Gasteiger partial charge < -0.3 is 5.32 Å². The van der Waals surface area contributed by atoms with Crippen molar-refractivity contribution in [2.24, 2.45) is 0 Å². The number of benzene rings is 1. The molecule has 0 radical (unpaired) electrons. The first kappa shape index (κ1) is 19.3. The van der Waals surface area contributed by atoms with Crippen LogP contribution < -0.4 is 5.32 Å². The smallest absolute Gasteiger partial charge is 0.221 e. The minimum atomic E-state index is -0.0574. The van der Waals surface area contributed by atoms with Gasteiger partial charge in [-0.1, -0.05) is 51.6 Å². The number of rotatable bonds is 4. The molecule has 1 aliphatic rings. The molecule has 1 amide bonds. The zero-order valence-corrected chi connectivity index (χ0v) is 16.5. The monoisotopic (exact) mass is 350 g/mol. The minimum absolute atomic E-state index is 0.0428. The summed E-state index contributed by atoms with van der Waals surface area (Å²) in [7, 11) is 2.18. The third kappa shape index (κ3) is 4.97. The molecule has 0 aromatic heterocycles. The minimum Gasteiger partial charge on any atom is -0.326 e. The molecule has 1 aliphatic carbocycles. The Balaban J connectivity index is 2.29. The highest BCUT2D eigenvalue weighted by molar-refractivity contribution is 6.31. The SMILES string of the molecule is CC(=O)Nc1cc(C(C)(C)C)c(Cl)cc1CN(C)C1CCCCC1. The lowest BCUT2D eigenvalue weighted by Crippen LogP contribution is -2.33. The van der Waals surface area contributed by atoms with Crippen molar-refractivity contribution in [2.75, 3.05) is 12.4 Å². The predicted molar refractivity (Wildman–Crippen MR) is 103 cm³/mol. The first-order valence-electron chi connectivity index (χ1n) is 8.99. The number of nitrogens with one attached hydrogen (secondary N) is 1. The maximum atomic E-state index is 11.6. The average Bonchev–Trinajstić information content (AvgIpc) is 2.49. The van der Waals surface area contributed by atoms with Crippen molar-refractivity contribution in [3.8, 4) is 0 Å². The standard InChI is InChI=1S/C20H31ClN2O/c1-14(24)22-19-12-17(20(2,3)4)18(21)11-15(19)13-23(5)16-9-7-6-8-10-16/h11-12,16H,6-10,13H2,1-5H3,(H,22,24). The van der Waals surface area contributed by atoms with Gasteiger partial charge in [0, 0.05) is 30.2 Å². The molecule has 24 heavy (non-hydrogen) atoms. The molecule has 4 heteroatoms. The van der Waals surface area contributed by atoms with Crippen LogP contribution in [0.25, 0.3) is 0 Å². The zero-order chi connectivity index (χ0) is 17.9. The number of carbonyl (C=O) groups is 1. The van der Waals surface area contributed by atoms with Crippen molar-refractivity contribution in [3.05, 3.63) is 28.3 Å². The molecule has 1 aromatic carbocycles. The fraction of sp³-hybridized carbons (Fsp3) is 0.650. The van der Waals surface area contributed by atoms with Crippen molar-refractivity contribution >= 4 is 23.2 Å². The van der Waals surface area contributed by atoms with Gasteiger partial charge in [0.2, 0.25) is 5.91 Å². The van der Waals surface area contributed by atoms with Crippen LogP contribution in [0.15, 0.2) is 12.1 Å². The van der Waals surface area contributed by atoms with Crippen molar-refractivity contribution in [1.82, 2.24) is 4.90 Å². The number of halogens is 1. The van der Waals surface area contributed by atoms with Crippen LogP contribution >= 0.6 is 11.6 Å². The lowest BCUT2D eigenvalue weighted by atomic mass is 9.85. The summed E-state index contributed by atoms with van der Waals surface area (Å²) in [5.41, 5.74) is 2.99. The Bertz CT molecular complexity index is 586. The summed E-state index contributed by atoms with van der Waals surface area (Å²) in [5, 5.41) is 3.78. The third-order valence-corrected chi connectivity index (χ3v) is 5.24. The number of nitrogens with zero attached hydrogens (tertiary/aromatic N) is 1. The maximum Gasteiger partial charge on any atom is 0.221 e. The molecule has 0 saturated heterocycles. The van der Waals surface area contributed by atoms with Gasteiger partial charge >= 0.3 is 0 Å². The summed E-state index contributed by atoms with van der Waals surface area (Å²) in [6, 6.07) is 4.71. The van der Waals surface area contributed by atoms with Crippen molar-refractivity contribution < 1.29 is 4.79 Å². The Hall–Kier alpha value is -1.06. The molecule has 1 fully saturated rings. The fourth-order valence-electron chi connectivity index (χ4n) is 3.55. The summed E-state index contributed by atoms with van der Waals surface area (Å²) < 4.78 is 0. The van der Waals surface area contributed by atoms with E-state index in [9.17, 15) is 4.79 Å². The largest absolute Gasteiger partial charge is 0.326 e. The summed E-state index contributed by atoms with van der Waals surface area (Å²) in [4.78, 5) is 14.1. The highest BCUT2D eigenvalue weighted by atomic mass is 35.5. The van der Waals surface area contributed by atoms with E-state index in [2.05, 4.69) is 38.0 Å². The second-order valence-electron chi connectivity index (χ2n) is 8.13. The van der Waals surface area contributed by atoms with Crippen LogP contribution in [0.5, 0.6) is 0 Å². The Kier molecular flexibility index (Phi) is 6.33. The lowest BCUT2D eigenvalue weighted by Gasteiger charge is -2.32. The normalized spacial score (nSPS) is 16.5. The van der Waals surface area contributed by atoms with Gasteiger partial charge in [-0.05, 0) is 48.6 Å². The number of amides is 1. The second-order valence-corrected chi connectivity index (χ2v) is 8.53. The van der Waals surface area contributed by atoms with Crippen LogP contribution in [0.2, 0.25) is 5.02 Å². The van der Waals surface area contributed by atoms with E-state index in [1.165, 1.54) is 32.1 Å². The number of hydrogen-bond donors (Lipinski definition) is 1. The zero-order valence-electron chi connectivity index (χ0n) is 15.7. The first-order valence-corrected chi connectivity index (χ1v) is 9.37. The van der Waals surface area contributed by atoms with Crippen molar-refractivity contribution in [3.63, 3.8) is 0 Å². The van der Waals surface area contributed by atoms with Gasteiger partial charge in [0.25, 0.3) is 0 Å². The number of hydrogen-bond acceptors (Lipinski definition) is 2. The Morgan fingerprint density at radius 3 is 2.42 bits per heavy atom. The summed E-state index contributed by atoms with van der Waals surface area (Å²) in [5.74, 6) is -0.0428. The fourth-order valence-corrected chi connectivity index (χ4v) is 4.02. The van der Waals surface area contributed by atoms with Crippen LogP contribution in [0.4, 0.5) is 5.69 Å². The van der Waals surface area contributed by atoms with E-state index in [-0.39, 0.29) is 11.3 Å². The van der Waals surface area contributed by atoms with E-state index < -0.39 is 0 Å². The Morgan fingerprint density at radius 1 is 1.25 bits per heavy atom. The van der Waals surface area contributed by atoms with Crippen LogP contribution in [-0.2, 0) is 16.8 Å². The van der Waals surface area contributed by atoms with Crippen LogP contribution in [0, 0.1) is 0 Å². The molecule has 3 nitrogen and oxygen atoms in total. The van der Waals surface area contributed by atoms with E-state index in [1.54, 1.807) is 6.92 Å². The maximum absolute atomic E-state index is 11.6. The molecule has 134 valence electrons. The van der Waals surface area contributed by atoms with Gasteiger partial charge in [-0.2, -0.15) is 0 Å². The van der Waals surface area contributed by atoms with Crippen molar-refractivity contribution in [1.29, 1.82) is 0 Å². The molecule has 0 spiro atoms. The number of anilines is 1. The molecule has 1 N–H and O–H groups in total. The van der Waals surface area contributed by atoms with Gasteiger partial charge in [0.1, 0.15) is 0 Å². The third-order valence-electron chi connectivity index (χ3n) is 4.93. The highest BCUT2D eigenvalue weighted by Crippen LogP contribution is 2.35. The van der Waals surface area contributed by atoms with E-state index in [0.29, 0.717) is 6.04 Å². The molecule has 0 bridgehead atoms. The van der Waals surface area contributed by atoms with Gasteiger partial charge in [0.05, 0.1) is 0 Å². The first-order chi connectivity index (χ1) is 11.2. The van der Waals surface area contributed by atoms with E-state index in [0.717, 1.165) is 28.4 Å². The van der Waals surface area contributed by atoms with Gasteiger partial charge in [-0.15, -0.1) is 0 Å². The van der Waals surface area contributed by atoms with Crippen molar-refractivity contribution in [2.45, 2.75) is 77.8 Å². The van der Waals surface area contributed by atoms with E-state index in [1.807, 2.05) is 12.1 Å². The summed E-state index contributed by atoms with van der Waals surface area (Å²) >= 11 is 6.56. The van der Waals surface area contributed by atoms with Gasteiger partial charge in [-0.25, -0.2) is 0 Å². The molecular weight excluding hydrogens is 320 g/mol. The molecule has 0 aliphatic heterocycles. The lowest BCUT2D eigenvalue weighted by molar-refractivity contribution is -0.114. The molecule has 1 aromatic rings. The van der Waals surface area contributed by atoms with E-state index >= 15 is 0 Å². The Labute approximate surface area is 151 Å². The molecule has 1 saturated carbocycles. The van der Waals surface area contributed by atoms with Crippen LogP contribution in [0.3, 0.4) is 0 Å². The molecule has 0 heterocycles. The average molecular weight is 351 g/mol. The summed E-state index contributed by atoms with van der Waals surface area (Å²) in [6.45, 7) is 8.78. The van der Waals surface area contributed by atoms with Gasteiger partial charge in [0.15, 0.2) is 0 Å². The molecular formula is C20H31ClN2O. The predicted octanol–water partition coefficient (Wildman–Crippen LogP) is 5.36. The molecule has 0 atom stereocenters. The van der Waals surface area contributed by atoms with Crippen LogP contribution in [0.1, 0.15) is 70.9 Å². The topological polar surface area (TPSA) is 32.3 Å². The Morgan fingerprint density at radius 2 is 1.88 bits per heavy atom. The summed E-state index contributed by atoms with van der Waals surface area (Å²) in [6.07, 6.45) is 6.52. The number of carbonyl (C=O) groups excluding carboxylic acids is 1. The van der Waals surface area contributed by atoms with Gasteiger partial charge in [-0.3, -0.25) is 9.69 Å². The quantitative estimate of drug-likeness (QED) is 0.792. The second kappa shape index (κ2) is 7.88.